The van der Waals surface area contributed by atoms with Gasteiger partial charge in [0.05, 0.1) is 30.3 Å². The van der Waals surface area contributed by atoms with Crippen molar-refractivity contribution < 1.29 is 9.47 Å². The van der Waals surface area contributed by atoms with E-state index in [1.54, 1.807) is 19.4 Å². The summed E-state index contributed by atoms with van der Waals surface area (Å²) in [6.07, 6.45) is 2.45. The van der Waals surface area contributed by atoms with E-state index in [4.69, 9.17) is 14.5 Å². The predicted octanol–water partition coefficient (Wildman–Crippen LogP) is 6.29. The van der Waals surface area contributed by atoms with Crippen molar-refractivity contribution in [1.29, 1.82) is 0 Å². The van der Waals surface area contributed by atoms with Crippen molar-refractivity contribution in [3.8, 4) is 11.5 Å². The fourth-order valence-corrected chi connectivity index (χ4v) is 3.92. The highest BCUT2D eigenvalue weighted by Gasteiger charge is 2.23. The monoisotopic (exact) mass is 563 g/mol. The minimum atomic E-state index is -0.400. The summed E-state index contributed by atoms with van der Waals surface area (Å²) in [6.45, 7) is 10.1. The van der Waals surface area contributed by atoms with Gasteiger partial charge in [0.1, 0.15) is 5.82 Å². The molecule has 0 bridgehead atoms. The van der Waals surface area contributed by atoms with Gasteiger partial charge in [0.15, 0.2) is 11.5 Å². The molecule has 0 saturated heterocycles. The molecule has 2 aromatic carbocycles. The molecule has 0 aliphatic heterocycles. The van der Waals surface area contributed by atoms with Crippen LogP contribution >= 0.6 is 31.9 Å². The lowest BCUT2D eigenvalue weighted by atomic mass is 9.95. The van der Waals surface area contributed by atoms with Gasteiger partial charge in [0.2, 0.25) is 0 Å². The minimum Gasteiger partial charge on any atom is -0.493 e. The maximum Gasteiger partial charge on any atom is 0.282 e. The van der Waals surface area contributed by atoms with Crippen LogP contribution in [0, 0.1) is 0 Å². The largest absolute Gasteiger partial charge is 0.493 e. The molecule has 0 unspecified atom stereocenters. The number of nitrogens with zero attached hydrogens (tertiary/aromatic N) is 3. The smallest absolute Gasteiger partial charge is 0.282 e. The molecular formula is C24H27Br2N3O3. The van der Waals surface area contributed by atoms with E-state index in [0.717, 1.165) is 15.4 Å². The third-order valence-corrected chi connectivity index (χ3v) is 5.90. The van der Waals surface area contributed by atoms with Crippen molar-refractivity contribution in [2.45, 2.75) is 52.6 Å². The summed E-state index contributed by atoms with van der Waals surface area (Å²) >= 11 is 6.95. The van der Waals surface area contributed by atoms with E-state index in [2.05, 4.69) is 43.9 Å². The number of methoxy groups -OCH3 is 1. The zero-order valence-electron chi connectivity index (χ0n) is 19.1. The van der Waals surface area contributed by atoms with Gasteiger partial charge in [-0.3, -0.25) is 4.79 Å². The van der Waals surface area contributed by atoms with E-state index in [-0.39, 0.29) is 11.7 Å². The number of ether oxygens (including phenoxy) is 2. The Morgan fingerprint density at radius 2 is 1.91 bits per heavy atom. The maximum absolute atomic E-state index is 13.4. The molecule has 3 aromatic rings. The predicted molar refractivity (Wildman–Crippen MR) is 136 cm³/mol. The average molecular weight is 565 g/mol. The summed E-state index contributed by atoms with van der Waals surface area (Å²) in [5.41, 5.74) is 0.698. The van der Waals surface area contributed by atoms with Gasteiger partial charge in [-0.05, 0) is 43.7 Å². The summed E-state index contributed by atoms with van der Waals surface area (Å²) in [5.74, 6) is 1.74. The lowest BCUT2D eigenvalue weighted by Crippen LogP contribution is -2.29. The van der Waals surface area contributed by atoms with Crippen LogP contribution < -0.4 is 15.0 Å². The maximum atomic E-state index is 13.4. The minimum absolute atomic E-state index is 0.00947. The first-order chi connectivity index (χ1) is 15.0. The van der Waals surface area contributed by atoms with Crippen LogP contribution in [0.4, 0.5) is 0 Å². The lowest BCUT2D eigenvalue weighted by molar-refractivity contribution is 0.207. The third kappa shape index (κ3) is 5.23. The van der Waals surface area contributed by atoms with Gasteiger partial charge in [0.25, 0.3) is 5.56 Å². The lowest BCUT2D eigenvalue weighted by Gasteiger charge is -2.21. The van der Waals surface area contributed by atoms with Crippen molar-refractivity contribution >= 4 is 49.0 Å². The Bertz CT molecular complexity index is 1230. The van der Waals surface area contributed by atoms with E-state index < -0.39 is 5.41 Å². The van der Waals surface area contributed by atoms with Crippen molar-refractivity contribution in [2.75, 3.05) is 7.11 Å². The fourth-order valence-electron chi connectivity index (χ4n) is 3.11. The number of hydrogen-bond donors (Lipinski definition) is 0. The van der Waals surface area contributed by atoms with E-state index in [1.165, 1.54) is 4.68 Å². The SMILES string of the molecule is CC[C@H](C)Oc1c(C=Nn2c(C(C)(C)C)nc3ccc(Br)cc3c2=O)cc(Br)cc1OC. The number of rotatable bonds is 6. The van der Waals surface area contributed by atoms with Crippen LogP contribution in [0.2, 0.25) is 0 Å². The van der Waals surface area contributed by atoms with Crippen molar-refractivity contribution in [3.63, 3.8) is 0 Å². The first kappa shape index (κ1) is 24.5. The van der Waals surface area contributed by atoms with Crippen LogP contribution in [-0.4, -0.2) is 29.1 Å². The molecule has 0 fully saturated rings. The van der Waals surface area contributed by atoms with Crippen molar-refractivity contribution in [3.05, 3.63) is 61.0 Å². The fraction of sp³-hybridized carbons (Fsp3) is 0.375. The normalized spacial score (nSPS) is 13.0. The zero-order chi connectivity index (χ0) is 23.6. The summed E-state index contributed by atoms with van der Waals surface area (Å²) < 4.78 is 14.7. The van der Waals surface area contributed by atoms with E-state index in [0.29, 0.717) is 33.8 Å². The second kappa shape index (κ2) is 9.75. The molecule has 0 spiro atoms. The van der Waals surface area contributed by atoms with Crippen molar-refractivity contribution in [2.24, 2.45) is 5.10 Å². The van der Waals surface area contributed by atoms with Crippen molar-refractivity contribution in [1.82, 2.24) is 9.66 Å². The average Bonchev–Trinajstić information content (AvgIpc) is 2.73. The summed E-state index contributed by atoms with van der Waals surface area (Å²) in [4.78, 5) is 18.2. The zero-order valence-corrected chi connectivity index (χ0v) is 22.2. The Morgan fingerprint density at radius 3 is 2.53 bits per heavy atom. The summed E-state index contributed by atoms with van der Waals surface area (Å²) in [7, 11) is 1.60. The second-order valence-electron chi connectivity index (χ2n) is 8.57. The molecule has 0 aliphatic rings. The van der Waals surface area contributed by atoms with Gasteiger partial charge in [-0.25, -0.2) is 4.98 Å². The molecule has 0 aliphatic carbocycles. The molecule has 1 aromatic heterocycles. The topological polar surface area (TPSA) is 65.7 Å². The van der Waals surface area contributed by atoms with Gasteiger partial charge in [-0.1, -0.05) is 59.6 Å². The molecule has 3 rings (SSSR count). The second-order valence-corrected chi connectivity index (χ2v) is 10.4. The van der Waals surface area contributed by atoms with Crippen LogP contribution in [0.25, 0.3) is 10.9 Å². The number of benzene rings is 2. The Hall–Kier alpha value is -2.19. The van der Waals surface area contributed by atoms with Crippen LogP contribution in [0.15, 0.2) is 49.2 Å². The van der Waals surface area contributed by atoms with E-state index >= 15 is 0 Å². The number of aromatic nitrogens is 2. The van der Waals surface area contributed by atoms with E-state index in [1.807, 2.05) is 52.0 Å². The first-order valence-corrected chi connectivity index (χ1v) is 11.9. The summed E-state index contributed by atoms with van der Waals surface area (Å²) in [5, 5.41) is 5.07. The standard InChI is InChI=1S/C24H27Br2N3O3/c1-7-14(2)32-21-15(10-17(26)12-20(21)31-6)13-27-29-22(30)18-11-16(25)8-9-19(18)28-23(29)24(3,4)5/h8-14H,7H2,1-6H3/t14-/m0/s1. The third-order valence-electron chi connectivity index (χ3n) is 4.95. The molecule has 32 heavy (non-hydrogen) atoms. The van der Waals surface area contributed by atoms with Gasteiger partial charge in [0, 0.05) is 19.9 Å². The van der Waals surface area contributed by atoms with Gasteiger partial charge in [-0.15, -0.1) is 0 Å². The molecule has 0 radical (unpaired) electrons. The molecule has 6 nitrogen and oxygen atoms in total. The molecule has 0 N–H and O–H groups in total. The van der Waals surface area contributed by atoms with Crippen LogP contribution in [0.5, 0.6) is 11.5 Å². The Balaban J connectivity index is 2.23. The van der Waals surface area contributed by atoms with Crippen LogP contribution in [0.1, 0.15) is 52.4 Å². The molecule has 1 atom stereocenters. The first-order valence-electron chi connectivity index (χ1n) is 10.4. The number of halogens is 2. The number of hydrogen-bond acceptors (Lipinski definition) is 5. The molecule has 0 saturated carbocycles. The molecule has 170 valence electrons. The van der Waals surface area contributed by atoms with Crippen LogP contribution in [0.3, 0.4) is 0 Å². The van der Waals surface area contributed by atoms with Gasteiger partial charge >= 0.3 is 0 Å². The highest BCUT2D eigenvalue weighted by Crippen LogP contribution is 2.35. The highest BCUT2D eigenvalue weighted by molar-refractivity contribution is 9.10. The molecule has 1 heterocycles. The molecule has 8 heteroatoms. The summed E-state index contributed by atoms with van der Waals surface area (Å²) in [6, 6.07) is 9.21. The Morgan fingerprint density at radius 1 is 1.19 bits per heavy atom. The quantitative estimate of drug-likeness (QED) is 0.330. The molecular weight excluding hydrogens is 538 g/mol. The number of fused-ring (bicyclic) bond motifs is 1. The Kier molecular flexibility index (Phi) is 7.45. The van der Waals surface area contributed by atoms with Gasteiger partial charge in [-0.2, -0.15) is 9.78 Å². The van der Waals surface area contributed by atoms with Crippen LogP contribution in [-0.2, 0) is 5.41 Å². The van der Waals surface area contributed by atoms with Gasteiger partial charge < -0.3 is 9.47 Å². The van der Waals surface area contributed by atoms with E-state index in [9.17, 15) is 4.79 Å². The highest BCUT2D eigenvalue weighted by atomic mass is 79.9. The Labute approximate surface area is 204 Å². The molecule has 0 amide bonds.